The molecule has 0 saturated heterocycles. The van der Waals surface area contributed by atoms with Gasteiger partial charge < -0.3 is 15.2 Å². The second-order valence-corrected chi connectivity index (χ2v) is 5.64. The molecule has 3 rings (SSSR count). The van der Waals surface area contributed by atoms with E-state index in [1.807, 2.05) is 0 Å². The summed E-state index contributed by atoms with van der Waals surface area (Å²) < 4.78 is 4.94. The predicted molar refractivity (Wildman–Crippen MR) is 91.0 cm³/mol. The van der Waals surface area contributed by atoms with Crippen LogP contribution in [0, 0.1) is 6.92 Å². The number of benzene rings is 1. The van der Waals surface area contributed by atoms with Gasteiger partial charge in [0.1, 0.15) is 11.5 Å². The van der Waals surface area contributed by atoms with Gasteiger partial charge in [-0.25, -0.2) is 9.97 Å². The Morgan fingerprint density at radius 2 is 2.04 bits per heavy atom. The highest BCUT2D eigenvalue weighted by molar-refractivity contribution is 6.35. The highest BCUT2D eigenvalue weighted by Gasteiger charge is 2.12. The minimum Gasteiger partial charge on any atom is -0.360 e. The van der Waals surface area contributed by atoms with Crippen LogP contribution in [0.1, 0.15) is 16.2 Å². The number of nitrogens with zero attached hydrogens (tertiary/aromatic N) is 3. The topological polar surface area (TPSA) is 92.9 Å². The summed E-state index contributed by atoms with van der Waals surface area (Å²) in [6.07, 6.45) is 1.46. The van der Waals surface area contributed by atoms with Crippen molar-refractivity contribution in [2.45, 2.75) is 6.92 Å². The average Bonchev–Trinajstić information content (AvgIpc) is 2.96. The number of amides is 1. The van der Waals surface area contributed by atoms with Crippen molar-refractivity contribution in [3.05, 3.63) is 58.0 Å². The number of anilines is 3. The number of rotatable bonds is 4. The van der Waals surface area contributed by atoms with Crippen molar-refractivity contribution < 1.29 is 9.32 Å². The van der Waals surface area contributed by atoms with Gasteiger partial charge in [0.15, 0.2) is 5.82 Å². The molecule has 2 N–H and O–H groups in total. The van der Waals surface area contributed by atoms with Gasteiger partial charge >= 0.3 is 0 Å². The fourth-order valence-corrected chi connectivity index (χ4v) is 2.20. The number of aryl methyl sites for hydroxylation is 1. The summed E-state index contributed by atoms with van der Waals surface area (Å²) in [5.74, 6) is 0.860. The van der Waals surface area contributed by atoms with Gasteiger partial charge in [0, 0.05) is 17.3 Å². The monoisotopic (exact) mass is 363 g/mol. The van der Waals surface area contributed by atoms with E-state index in [1.165, 1.54) is 12.3 Å². The second kappa shape index (κ2) is 6.86. The highest BCUT2D eigenvalue weighted by Crippen LogP contribution is 2.25. The number of hydrogen-bond donors (Lipinski definition) is 2. The molecule has 0 aliphatic rings. The maximum Gasteiger partial charge on any atom is 0.274 e. The smallest absolute Gasteiger partial charge is 0.274 e. The first kappa shape index (κ1) is 16.2. The molecule has 3 aromatic rings. The first-order valence-electron chi connectivity index (χ1n) is 6.81. The van der Waals surface area contributed by atoms with Crippen LogP contribution in [0.15, 0.2) is 41.1 Å². The lowest BCUT2D eigenvalue weighted by molar-refractivity contribution is 0.102. The molecular formula is C15H11Cl2N5O2. The Morgan fingerprint density at radius 1 is 1.21 bits per heavy atom. The van der Waals surface area contributed by atoms with Gasteiger partial charge in [-0.1, -0.05) is 28.4 Å². The summed E-state index contributed by atoms with van der Waals surface area (Å²) in [6.45, 7) is 1.76. The third-order valence-electron chi connectivity index (χ3n) is 2.93. The van der Waals surface area contributed by atoms with Crippen LogP contribution in [0.3, 0.4) is 0 Å². The van der Waals surface area contributed by atoms with E-state index in [2.05, 4.69) is 25.8 Å². The molecule has 0 aliphatic heterocycles. The molecule has 0 saturated carbocycles. The summed E-state index contributed by atoms with van der Waals surface area (Å²) >= 11 is 11.9. The van der Waals surface area contributed by atoms with Gasteiger partial charge in [-0.15, -0.1) is 0 Å². The molecule has 9 heteroatoms. The van der Waals surface area contributed by atoms with Crippen LogP contribution in [0.5, 0.6) is 0 Å². The normalized spacial score (nSPS) is 10.5. The summed E-state index contributed by atoms with van der Waals surface area (Å²) in [5, 5.41) is 10.1. The molecule has 1 amide bonds. The zero-order valence-corrected chi connectivity index (χ0v) is 13.9. The Balaban J connectivity index is 1.77. The minimum atomic E-state index is -0.444. The van der Waals surface area contributed by atoms with E-state index in [0.717, 1.165) is 0 Å². The number of carbonyl (C=O) groups is 1. The maximum absolute atomic E-state index is 12.3. The quantitative estimate of drug-likeness (QED) is 0.725. The van der Waals surface area contributed by atoms with Crippen molar-refractivity contribution in [3.63, 3.8) is 0 Å². The molecule has 2 aromatic heterocycles. The van der Waals surface area contributed by atoms with Crippen LogP contribution in [0.2, 0.25) is 10.0 Å². The number of halogens is 2. The Morgan fingerprint density at radius 3 is 2.79 bits per heavy atom. The van der Waals surface area contributed by atoms with Crippen LogP contribution < -0.4 is 10.6 Å². The van der Waals surface area contributed by atoms with Crippen LogP contribution in [-0.2, 0) is 0 Å². The van der Waals surface area contributed by atoms with Crippen molar-refractivity contribution in [3.8, 4) is 0 Å². The Kier molecular flexibility index (Phi) is 4.64. The fraction of sp³-hybridized carbons (Fsp3) is 0.0667. The molecule has 122 valence electrons. The zero-order valence-electron chi connectivity index (χ0n) is 12.4. The average molecular weight is 364 g/mol. The number of nitrogens with one attached hydrogen (secondary N) is 2. The molecule has 0 atom stereocenters. The first-order valence-corrected chi connectivity index (χ1v) is 7.56. The Labute approximate surface area is 147 Å². The molecule has 1 aromatic carbocycles. The van der Waals surface area contributed by atoms with Gasteiger partial charge in [-0.2, -0.15) is 0 Å². The number of aromatic nitrogens is 3. The van der Waals surface area contributed by atoms with E-state index in [-0.39, 0.29) is 11.6 Å². The van der Waals surface area contributed by atoms with E-state index in [1.54, 1.807) is 31.2 Å². The fourth-order valence-electron chi connectivity index (χ4n) is 1.86. The van der Waals surface area contributed by atoms with Gasteiger partial charge in [-0.3, -0.25) is 4.79 Å². The van der Waals surface area contributed by atoms with E-state index in [4.69, 9.17) is 27.7 Å². The van der Waals surface area contributed by atoms with Crippen molar-refractivity contribution in [2.24, 2.45) is 0 Å². The molecule has 2 heterocycles. The predicted octanol–water partition coefficient (Wildman–Crippen LogP) is 4.08. The summed E-state index contributed by atoms with van der Waals surface area (Å²) in [5.41, 5.74) is 0.554. The van der Waals surface area contributed by atoms with Crippen molar-refractivity contribution >= 4 is 46.6 Å². The highest BCUT2D eigenvalue weighted by atomic mass is 35.5. The van der Waals surface area contributed by atoms with Crippen LogP contribution >= 0.6 is 23.2 Å². The molecule has 0 fully saturated rings. The van der Waals surface area contributed by atoms with Gasteiger partial charge in [0.25, 0.3) is 5.91 Å². The number of hydrogen-bond acceptors (Lipinski definition) is 6. The third-order valence-corrected chi connectivity index (χ3v) is 3.50. The molecule has 0 radical (unpaired) electrons. The molecular weight excluding hydrogens is 353 g/mol. The Hall–Kier alpha value is -2.64. The summed E-state index contributed by atoms with van der Waals surface area (Å²) in [4.78, 5) is 20.5. The molecule has 24 heavy (non-hydrogen) atoms. The lowest BCUT2D eigenvalue weighted by atomic mass is 10.3. The van der Waals surface area contributed by atoms with Crippen molar-refractivity contribution in [1.82, 2.24) is 15.1 Å². The van der Waals surface area contributed by atoms with Crippen LogP contribution in [0.4, 0.5) is 17.5 Å². The molecule has 7 nitrogen and oxygen atoms in total. The van der Waals surface area contributed by atoms with E-state index in [9.17, 15) is 4.79 Å². The molecule has 0 aliphatic carbocycles. The summed E-state index contributed by atoms with van der Waals surface area (Å²) in [7, 11) is 0. The van der Waals surface area contributed by atoms with E-state index >= 15 is 0 Å². The van der Waals surface area contributed by atoms with Crippen molar-refractivity contribution in [1.29, 1.82) is 0 Å². The van der Waals surface area contributed by atoms with Crippen LogP contribution in [-0.4, -0.2) is 21.0 Å². The zero-order chi connectivity index (χ0) is 17.1. The van der Waals surface area contributed by atoms with Crippen LogP contribution in [0.25, 0.3) is 0 Å². The Bertz CT molecular complexity index is 897. The lowest BCUT2D eigenvalue weighted by Crippen LogP contribution is -2.15. The summed E-state index contributed by atoms with van der Waals surface area (Å²) in [6, 6.07) is 7.95. The van der Waals surface area contributed by atoms with E-state index in [0.29, 0.717) is 27.3 Å². The lowest BCUT2D eigenvalue weighted by Gasteiger charge is -2.08. The number of carbonyl (C=O) groups excluding carboxylic acids is 1. The SMILES string of the molecule is Cc1cc(Nc2nccc(C(=O)Nc3cc(Cl)ccc3Cl)n2)no1. The third kappa shape index (κ3) is 3.81. The van der Waals surface area contributed by atoms with Crippen molar-refractivity contribution in [2.75, 3.05) is 10.6 Å². The second-order valence-electron chi connectivity index (χ2n) is 4.79. The standard InChI is InChI=1S/C15H11Cl2N5O2/c1-8-6-13(22-24-8)21-15-18-5-4-11(20-15)14(23)19-12-7-9(16)2-3-10(12)17/h2-7H,1H3,(H,19,23)(H,18,20,21,22). The molecule has 0 spiro atoms. The van der Waals surface area contributed by atoms with E-state index < -0.39 is 5.91 Å². The van der Waals surface area contributed by atoms with Gasteiger partial charge in [-0.05, 0) is 31.2 Å². The maximum atomic E-state index is 12.3. The first-order chi connectivity index (χ1) is 11.5. The molecule has 0 unspecified atom stereocenters. The largest absolute Gasteiger partial charge is 0.360 e. The molecule has 0 bridgehead atoms. The van der Waals surface area contributed by atoms with Gasteiger partial charge in [0.05, 0.1) is 10.7 Å². The van der Waals surface area contributed by atoms with Gasteiger partial charge in [0.2, 0.25) is 5.95 Å². The minimum absolute atomic E-state index is 0.156.